The fourth-order valence-corrected chi connectivity index (χ4v) is 6.81. The summed E-state index contributed by atoms with van der Waals surface area (Å²) in [5.74, 6) is -0.475. The number of amidine groups is 1. The molecule has 5 N–H and O–H groups in total. The average molecular weight is 677 g/mol. The highest BCUT2D eigenvalue weighted by Crippen LogP contribution is 2.36. The highest BCUT2D eigenvalue weighted by Gasteiger charge is 2.34. The van der Waals surface area contributed by atoms with Crippen LogP contribution in [-0.4, -0.2) is 40.4 Å². The van der Waals surface area contributed by atoms with Crippen molar-refractivity contribution in [2.75, 3.05) is 11.4 Å². The van der Waals surface area contributed by atoms with Gasteiger partial charge in [0, 0.05) is 24.1 Å². The number of benzene rings is 3. The van der Waals surface area contributed by atoms with E-state index < -0.39 is 29.3 Å². The first-order chi connectivity index (χ1) is 22.9. The zero-order chi connectivity index (χ0) is 34.4. The maximum absolute atomic E-state index is 13.8. The number of amides is 2. The predicted molar refractivity (Wildman–Crippen MR) is 178 cm³/mol. The summed E-state index contributed by atoms with van der Waals surface area (Å²) in [7, 11) is 0. The second kappa shape index (κ2) is 15.0. The van der Waals surface area contributed by atoms with Gasteiger partial charge in [0.1, 0.15) is 5.84 Å². The Kier molecular flexibility index (Phi) is 10.8. The first kappa shape index (κ1) is 34.5. The molecule has 2 amide bonds. The molecule has 0 aliphatic heterocycles. The molecule has 1 saturated carbocycles. The Morgan fingerprint density at radius 2 is 1.75 bits per heavy atom. The van der Waals surface area contributed by atoms with Crippen molar-refractivity contribution in [2.45, 2.75) is 69.7 Å². The molecule has 1 aliphatic rings. The normalized spacial score (nSPS) is 14.9. The number of aryl methyl sites for hydroxylation is 1. The Morgan fingerprint density at radius 3 is 2.38 bits per heavy atom. The van der Waals surface area contributed by atoms with Crippen molar-refractivity contribution >= 4 is 44.9 Å². The molecule has 1 aliphatic carbocycles. The summed E-state index contributed by atoms with van der Waals surface area (Å²) in [6.45, 7) is -0.0284. The molecule has 3 aromatic carbocycles. The number of halogens is 3. The van der Waals surface area contributed by atoms with E-state index in [1.165, 1.54) is 30.9 Å². The van der Waals surface area contributed by atoms with Crippen LogP contribution < -0.4 is 16.4 Å². The number of rotatable bonds is 11. The van der Waals surface area contributed by atoms with Crippen LogP contribution in [0.2, 0.25) is 0 Å². The van der Waals surface area contributed by atoms with Gasteiger partial charge in [-0.15, -0.1) is 11.3 Å². The third-order valence-electron chi connectivity index (χ3n) is 8.49. The van der Waals surface area contributed by atoms with Gasteiger partial charge in [0.2, 0.25) is 11.8 Å². The molecule has 0 bridgehead atoms. The molecule has 13 heteroatoms. The third-order valence-corrected chi connectivity index (χ3v) is 9.56. The van der Waals surface area contributed by atoms with Gasteiger partial charge >= 0.3 is 6.18 Å². The van der Waals surface area contributed by atoms with Gasteiger partial charge in [0.15, 0.2) is 6.10 Å². The number of hydrogen-bond acceptors (Lipinski definition) is 7. The van der Waals surface area contributed by atoms with Gasteiger partial charge in [0.25, 0.3) is 0 Å². The van der Waals surface area contributed by atoms with Crippen molar-refractivity contribution in [2.24, 2.45) is 16.5 Å². The Labute approximate surface area is 279 Å². The van der Waals surface area contributed by atoms with Crippen molar-refractivity contribution in [1.82, 2.24) is 4.98 Å². The van der Waals surface area contributed by atoms with Crippen LogP contribution in [-0.2, 0) is 28.7 Å². The fraction of sp³-hybridized carbons (Fsp3) is 0.343. The van der Waals surface area contributed by atoms with E-state index >= 15 is 0 Å². The number of aromatic nitrogens is 1. The van der Waals surface area contributed by atoms with Crippen LogP contribution in [0.25, 0.3) is 10.2 Å². The lowest BCUT2D eigenvalue weighted by Gasteiger charge is -2.25. The number of aliphatic hydroxyl groups excluding tert-OH is 1. The largest absolute Gasteiger partial charge is 0.417 e. The number of aliphatic imine (C=N–C) groups is 1. The van der Waals surface area contributed by atoms with Crippen molar-refractivity contribution in [3.05, 3.63) is 93.5 Å². The molecule has 1 heterocycles. The second-order valence-electron chi connectivity index (χ2n) is 11.8. The SMILES string of the molecule is N#Cc1cc2sc(CCC(=O)N(Cc3ccc(C(N)=NC[C@@H](O)C(N)=O)cc3)c3ccc(C4CCCCC4)cc3)nc2cc1C(F)(F)F. The number of alkyl halides is 3. The van der Waals surface area contributed by atoms with E-state index in [9.17, 15) is 33.1 Å². The van der Waals surface area contributed by atoms with Gasteiger partial charge in [-0.25, -0.2) is 4.98 Å². The Morgan fingerprint density at radius 1 is 1.06 bits per heavy atom. The Bertz CT molecular complexity index is 1840. The maximum atomic E-state index is 13.8. The minimum absolute atomic E-state index is 0.0569. The molecule has 250 valence electrons. The van der Waals surface area contributed by atoms with E-state index in [-0.39, 0.29) is 43.2 Å². The zero-order valence-electron chi connectivity index (χ0n) is 26.0. The number of hydrogen-bond donors (Lipinski definition) is 3. The summed E-state index contributed by atoms with van der Waals surface area (Å²) < 4.78 is 40.9. The smallest absolute Gasteiger partial charge is 0.384 e. The van der Waals surface area contributed by atoms with Gasteiger partial charge in [-0.05, 0) is 54.2 Å². The van der Waals surface area contributed by atoms with E-state index in [1.807, 2.05) is 12.1 Å². The monoisotopic (exact) mass is 676 g/mol. The van der Waals surface area contributed by atoms with Gasteiger partial charge in [-0.3, -0.25) is 14.6 Å². The van der Waals surface area contributed by atoms with Crippen LogP contribution in [0, 0.1) is 11.3 Å². The van der Waals surface area contributed by atoms with Crippen LogP contribution in [0.3, 0.4) is 0 Å². The topological polar surface area (TPSA) is 159 Å². The van der Waals surface area contributed by atoms with Gasteiger partial charge in [-0.2, -0.15) is 18.4 Å². The maximum Gasteiger partial charge on any atom is 0.417 e. The molecule has 5 rings (SSSR count). The lowest BCUT2D eigenvalue weighted by atomic mass is 9.84. The number of anilines is 1. The fourth-order valence-electron chi connectivity index (χ4n) is 5.82. The standard InChI is InChI=1S/C35H35F3N6O3S/c36-35(37,38)27-17-28-30(16-25(27)18-39)48-31(43-28)14-15-32(46)44(26-12-10-23(11-13-26)22-4-2-1-3-5-22)20-21-6-8-24(9-7-21)33(40)42-19-29(45)34(41)47/h6-13,16-17,22,29,45H,1-5,14-15,19-20H2,(H2,40,42)(H2,41,47)/t29-/m1/s1. The summed E-state index contributed by atoms with van der Waals surface area (Å²) in [5, 5.41) is 19.4. The van der Waals surface area contributed by atoms with Crippen LogP contribution in [0.15, 0.2) is 65.7 Å². The predicted octanol–water partition coefficient (Wildman–Crippen LogP) is 5.95. The number of nitrogens with zero attached hydrogens (tertiary/aromatic N) is 4. The minimum Gasteiger partial charge on any atom is -0.384 e. The zero-order valence-corrected chi connectivity index (χ0v) is 26.9. The minimum atomic E-state index is -4.68. The second-order valence-corrected chi connectivity index (χ2v) is 12.9. The number of fused-ring (bicyclic) bond motifs is 1. The highest BCUT2D eigenvalue weighted by atomic mass is 32.1. The number of thiazole rings is 1. The number of aliphatic hydroxyl groups is 1. The number of nitriles is 1. The Hall–Kier alpha value is -4.80. The highest BCUT2D eigenvalue weighted by molar-refractivity contribution is 7.18. The first-order valence-electron chi connectivity index (χ1n) is 15.6. The summed E-state index contributed by atoms with van der Waals surface area (Å²) in [6.07, 6.45) is 0.0837. The summed E-state index contributed by atoms with van der Waals surface area (Å²) in [4.78, 5) is 34.9. The lowest BCUT2D eigenvalue weighted by Crippen LogP contribution is -2.31. The molecule has 9 nitrogen and oxygen atoms in total. The third kappa shape index (κ3) is 8.37. The average Bonchev–Trinajstić information content (AvgIpc) is 3.50. The molecule has 0 saturated heterocycles. The van der Waals surface area contributed by atoms with E-state index in [0.29, 0.717) is 26.9 Å². The number of nitrogens with two attached hydrogens (primary N) is 2. The molecule has 1 aromatic heterocycles. The summed E-state index contributed by atoms with van der Waals surface area (Å²) in [6, 6.07) is 18.8. The number of primary amides is 1. The van der Waals surface area contributed by atoms with E-state index in [2.05, 4.69) is 22.1 Å². The van der Waals surface area contributed by atoms with Crippen molar-refractivity contribution in [1.29, 1.82) is 5.26 Å². The van der Waals surface area contributed by atoms with Crippen LogP contribution >= 0.6 is 11.3 Å². The molecule has 0 radical (unpaired) electrons. The van der Waals surface area contributed by atoms with E-state index in [0.717, 1.165) is 35.8 Å². The molecular weight excluding hydrogens is 641 g/mol. The van der Waals surface area contributed by atoms with E-state index in [4.69, 9.17) is 11.5 Å². The van der Waals surface area contributed by atoms with Crippen molar-refractivity contribution < 1.29 is 27.9 Å². The number of carbonyl (C=O) groups is 2. The van der Waals surface area contributed by atoms with Crippen LogP contribution in [0.4, 0.5) is 18.9 Å². The van der Waals surface area contributed by atoms with Crippen molar-refractivity contribution in [3.8, 4) is 6.07 Å². The van der Waals surface area contributed by atoms with Gasteiger partial charge < -0.3 is 21.5 Å². The van der Waals surface area contributed by atoms with Crippen LogP contribution in [0.5, 0.6) is 0 Å². The summed E-state index contributed by atoms with van der Waals surface area (Å²) >= 11 is 1.16. The molecule has 4 aromatic rings. The Balaban J connectivity index is 1.35. The van der Waals surface area contributed by atoms with E-state index in [1.54, 1.807) is 35.2 Å². The molecule has 48 heavy (non-hydrogen) atoms. The molecule has 1 atom stereocenters. The number of carbonyl (C=O) groups excluding carboxylic acids is 2. The summed E-state index contributed by atoms with van der Waals surface area (Å²) in [5.41, 5.74) is 13.1. The molecule has 1 fully saturated rings. The molecule has 0 spiro atoms. The van der Waals surface area contributed by atoms with Crippen LogP contribution in [0.1, 0.15) is 77.3 Å². The molecular formula is C35H35F3N6O3S. The molecule has 0 unspecified atom stereocenters. The quantitative estimate of drug-likeness (QED) is 0.132. The van der Waals surface area contributed by atoms with Gasteiger partial charge in [0.05, 0.1) is 45.5 Å². The van der Waals surface area contributed by atoms with Gasteiger partial charge in [-0.1, -0.05) is 55.7 Å². The lowest BCUT2D eigenvalue weighted by molar-refractivity contribution is -0.137. The van der Waals surface area contributed by atoms with Crippen molar-refractivity contribution in [3.63, 3.8) is 0 Å². The first-order valence-corrected chi connectivity index (χ1v) is 16.4.